The SMILES string of the molecule is COC(c1ccc(Br)cc1)C1CC1. The van der Waals surface area contributed by atoms with Crippen LogP contribution in [0.15, 0.2) is 28.7 Å². The first kappa shape index (κ1) is 9.22. The number of benzene rings is 1. The molecule has 1 unspecified atom stereocenters. The summed E-state index contributed by atoms with van der Waals surface area (Å²) in [5.74, 6) is 0.756. The summed E-state index contributed by atoms with van der Waals surface area (Å²) in [6.45, 7) is 0. The molecule has 0 saturated heterocycles. The Hall–Kier alpha value is -0.340. The van der Waals surface area contributed by atoms with E-state index in [0.29, 0.717) is 6.10 Å². The van der Waals surface area contributed by atoms with Gasteiger partial charge in [-0.25, -0.2) is 0 Å². The van der Waals surface area contributed by atoms with Crippen LogP contribution in [0, 0.1) is 5.92 Å². The normalized spacial score (nSPS) is 18.6. The van der Waals surface area contributed by atoms with Crippen molar-refractivity contribution in [3.05, 3.63) is 34.3 Å². The summed E-state index contributed by atoms with van der Waals surface area (Å²) in [4.78, 5) is 0. The Labute approximate surface area is 87.2 Å². The minimum atomic E-state index is 0.313. The number of hydrogen-bond donors (Lipinski definition) is 0. The first-order chi connectivity index (χ1) is 6.31. The Bertz CT molecular complexity index is 277. The minimum absolute atomic E-state index is 0.313. The van der Waals surface area contributed by atoms with Gasteiger partial charge in [-0.2, -0.15) is 0 Å². The molecule has 0 spiro atoms. The van der Waals surface area contributed by atoms with E-state index in [4.69, 9.17) is 4.74 Å². The van der Waals surface area contributed by atoms with E-state index in [-0.39, 0.29) is 0 Å². The number of rotatable bonds is 3. The highest BCUT2D eigenvalue weighted by Gasteiger charge is 2.32. The van der Waals surface area contributed by atoms with Gasteiger partial charge in [0, 0.05) is 11.6 Å². The molecular weight excluding hydrogens is 228 g/mol. The van der Waals surface area contributed by atoms with E-state index in [1.54, 1.807) is 7.11 Å². The van der Waals surface area contributed by atoms with Gasteiger partial charge in [0.15, 0.2) is 0 Å². The molecule has 1 fully saturated rings. The van der Waals surface area contributed by atoms with Gasteiger partial charge in [-0.3, -0.25) is 0 Å². The van der Waals surface area contributed by atoms with Gasteiger partial charge in [-0.05, 0) is 36.5 Å². The van der Waals surface area contributed by atoms with Gasteiger partial charge >= 0.3 is 0 Å². The summed E-state index contributed by atoms with van der Waals surface area (Å²) in [5.41, 5.74) is 1.30. The maximum Gasteiger partial charge on any atom is 0.0849 e. The monoisotopic (exact) mass is 240 g/mol. The van der Waals surface area contributed by atoms with Crippen LogP contribution in [0.4, 0.5) is 0 Å². The lowest BCUT2D eigenvalue weighted by atomic mass is 10.1. The van der Waals surface area contributed by atoms with Crippen molar-refractivity contribution in [2.24, 2.45) is 5.92 Å². The molecule has 1 atom stereocenters. The van der Waals surface area contributed by atoms with Crippen LogP contribution in [-0.4, -0.2) is 7.11 Å². The van der Waals surface area contributed by atoms with Crippen LogP contribution >= 0.6 is 15.9 Å². The van der Waals surface area contributed by atoms with Crippen LogP contribution in [0.2, 0.25) is 0 Å². The third kappa shape index (κ3) is 2.12. The van der Waals surface area contributed by atoms with Crippen molar-refractivity contribution in [1.29, 1.82) is 0 Å². The predicted molar refractivity (Wildman–Crippen MR) is 56.6 cm³/mol. The molecule has 0 amide bonds. The second-order valence-electron chi connectivity index (χ2n) is 3.55. The zero-order valence-corrected chi connectivity index (χ0v) is 9.25. The van der Waals surface area contributed by atoms with E-state index in [1.807, 2.05) is 0 Å². The maximum absolute atomic E-state index is 5.48. The highest BCUT2D eigenvalue weighted by atomic mass is 79.9. The van der Waals surface area contributed by atoms with Crippen molar-refractivity contribution < 1.29 is 4.74 Å². The molecule has 13 heavy (non-hydrogen) atoms. The van der Waals surface area contributed by atoms with Crippen molar-refractivity contribution >= 4 is 15.9 Å². The van der Waals surface area contributed by atoms with Crippen LogP contribution in [-0.2, 0) is 4.74 Å². The number of ether oxygens (including phenoxy) is 1. The van der Waals surface area contributed by atoms with Crippen LogP contribution < -0.4 is 0 Å². The average Bonchev–Trinajstić information content (AvgIpc) is 2.93. The number of halogens is 1. The molecule has 0 radical (unpaired) electrons. The van der Waals surface area contributed by atoms with Crippen LogP contribution in [0.25, 0.3) is 0 Å². The third-order valence-electron chi connectivity index (χ3n) is 2.50. The van der Waals surface area contributed by atoms with E-state index in [2.05, 4.69) is 40.2 Å². The topological polar surface area (TPSA) is 9.23 Å². The zero-order valence-electron chi connectivity index (χ0n) is 7.66. The third-order valence-corrected chi connectivity index (χ3v) is 3.03. The van der Waals surface area contributed by atoms with Crippen molar-refractivity contribution in [3.63, 3.8) is 0 Å². The molecule has 1 saturated carbocycles. The van der Waals surface area contributed by atoms with E-state index in [1.165, 1.54) is 18.4 Å². The van der Waals surface area contributed by atoms with Crippen molar-refractivity contribution in [2.45, 2.75) is 18.9 Å². The van der Waals surface area contributed by atoms with Crippen molar-refractivity contribution in [1.82, 2.24) is 0 Å². The predicted octanol–water partition coefficient (Wildman–Crippen LogP) is 3.55. The smallest absolute Gasteiger partial charge is 0.0849 e. The van der Waals surface area contributed by atoms with Gasteiger partial charge in [0.1, 0.15) is 0 Å². The van der Waals surface area contributed by atoms with E-state index < -0.39 is 0 Å². The Balaban J connectivity index is 2.17. The van der Waals surface area contributed by atoms with Gasteiger partial charge in [-0.15, -0.1) is 0 Å². The first-order valence-electron chi connectivity index (χ1n) is 4.59. The molecule has 1 nitrogen and oxygen atoms in total. The molecule has 0 aromatic heterocycles. The van der Waals surface area contributed by atoms with Gasteiger partial charge in [-0.1, -0.05) is 28.1 Å². The molecule has 0 aliphatic heterocycles. The molecule has 0 N–H and O–H groups in total. The molecule has 0 heterocycles. The zero-order chi connectivity index (χ0) is 9.26. The molecular formula is C11H13BrO. The molecule has 0 bridgehead atoms. The first-order valence-corrected chi connectivity index (χ1v) is 5.39. The summed E-state index contributed by atoms with van der Waals surface area (Å²) in [6.07, 6.45) is 2.94. The summed E-state index contributed by atoms with van der Waals surface area (Å²) in [5, 5.41) is 0. The standard InChI is InChI=1S/C11H13BrO/c1-13-11(8-2-3-8)9-4-6-10(12)7-5-9/h4-8,11H,2-3H2,1H3. The summed E-state index contributed by atoms with van der Waals surface area (Å²) in [6, 6.07) is 8.42. The number of hydrogen-bond acceptors (Lipinski definition) is 1. The lowest BCUT2D eigenvalue weighted by Gasteiger charge is -2.14. The highest BCUT2D eigenvalue weighted by Crippen LogP contribution is 2.42. The Morgan fingerprint density at radius 3 is 2.38 bits per heavy atom. The second kappa shape index (κ2) is 3.81. The van der Waals surface area contributed by atoms with Crippen LogP contribution in [0.1, 0.15) is 24.5 Å². The van der Waals surface area contributed by atoms with Crippen molar-refractivity contribution in [2.75, 3.05) is 7.11 Å². The molecule has 2 rings (SSSR count). The van der Waals surface area contributed by atoms with Gasteiger partial charge < -0.3 is 4.74 Å². The number of methoxy groups -OCH3 is 1. The van der Waals surface area contributed by atoms with Gasteiger partial charge in [0.2, 0.25) is 0 Å². The van der Waals surface area contributed by atoms with E-state index in [0.717, 1.165) is 10.4 Å². The molecule has 1 aliphatic carbocycles. The average molecular weight is 241 g/mol. The fourth-order valence-corrected chi connectivity index (χ4v) is 1.92. The largest absolute Gasteiger partial charge is 0.376 e. The molecule has 1 aromatic rings. The molecule has 70 valence electrons. The highest BCUT2D eigenvalue weighted by molar-refractivity contribution is 9.10. The Morgan fingerprint density at radius 1 is 1.31 bits per heavy atom. The Kier molecular flexibility index (Phi) is 2.70. The van der Waals surface area contributed by atoms with Crippen molar-refractivity contribution in [3.8, 4) is 0 Å². The molecule has 1 aliphatic rings. The molecule has 2 heteroatoms. The fraction of sp³-hybridized carbons (Fsp3) is 0.455. The lowest BCUT2D eigenvalue weighted by Crippen LogP contribution is -2.02. The summed E-state index contributed by atoms with van der Waals surface area (Å²) in [7, 11) is 1.80. The lowest BCUT2D eigenvalue weighted by molar-refractivity contribution is 0.0846. The van der Waals surface area contributed by atoms with E-state index >= 15 is 0 Å². The van der Waals surface area contributed by atoms with Crippen LogP contribution in [0.5, 0.6) is 0 Å². The molecule has 1 aromatic carbocycles. The van der Waals surface area contributed by atoms with Gasteiger partial charge in [0.25, 0.3) is 0 Å². The second-order valence-corrected chi connectivity index (χ2v) is 4.46. The van der Waals surface area contributed by atoms with E-state index in [9.17, 15) is 0 Å². The fourth-order valence-electron chi connectivity index (χ4n) is 1.65. The summed E-state index contributed by atoms with van der Waals surface area (Å²) < 4.78 is 6.61. The minimum Gasteiger partial charge on any atom is -0.376 e. The van der Waals surface area contributed by atoms with Gasteiger partial charge in [0.05, 0.1) is 6.10 Å². The summed E-state index contributed by atoms with van der Waals surface area (Å²) >= 11 is 3.43. The quantitative estimate of drug-likeness (QED) is 0.786. The Morgan fingerprint density at radius 2 is 1.92 bits per heavy atom. The van der Waals surface area contributed by atoms with Crippen LogP contribution in [0.3, 0.4) is 0 Å². The maximum atomic E-state index is 5.48.